The van der Waals surface area contributed by atoms with E-state index in [1.807, 2.05) is 42.8 Å². The van der Waals surface area contributed by atoms with Crippen LogP contribution in [0.5, 0.6) is 0 Å². The molecule has 1 aromatic heterocycles. The normalized spacial score (nSPS) is 20.0. The van der Waals surface area contributed by atoms with Crippen LogP contribution in [0.2, 0.25) is 0 Å². The van der Waals surface area contributed by atoms with Gasteiger partial charge in [-0.1, -0.05) is 36.0 Å². The Bertz CT molecular complexity index is 924. The number of hydrogen-bond donors (Lipinski definition) is 1. The Morgan fingerprint density at radius 3 is 2.73 bits per heavy atom. The number of aryl methyl sites for hydroxylation is 1. The van der Waals surface area contributed by atoms with Gasteiger partial charge in [-0.05, 0) is 25.8 Å². The van der Waals surface area contributed by atoms with Crippen LogP contribution in [-0.4, -0.2) is 51.9 Å². The van der Waals surface area contributed by atoms with E-state index in [9.17, 15) is 13.2 Å². The van der Waals surface area contributed by atoms with Gasteiger partial charge in [-0.2, -0.15) is 0 Å². The van der Waals surface area contributed by atoms with Crippen LogP contribution >= 0.6 is 11.8 Å². The Labute approximate surface area is 157 Å². The van der Waals surface area contributed by atoms with Gasteiger partial charge in [0.2, 0.25) is 5.91 Å². The summed E-state index contributed by atoms with van der Waals surface area (Å²) in [4.78, 5) is 12.4. The minimum Gasteiger partial charge on any atom is -0.351 e. The van der Waals surface area contributed by atoms with Crippen molar-refractivity contribution >= 4 is 27.5 Å². The average Bonchev–Trinajstić information content (AvgIpc) is 3.10. The van der Waals surface area contributed by atoms with E-state index in [1.54, 1.807) is 6.92 Å². The van der Waals surface area contributed by atoms with Crippen molar-refractivity contribution in [3.8, 4) is 11.4 Å². The van der Waals surface area contributed by atoms with Gasteiger partial charge >= 0.3 is 0 Å². The first-order valence-corrected chi connectivity index (χ1v) is 11.1. The first-order valence-electron chi connectivity index (χ1n) is 8.39. The van der Waals surface area contributed by atoms with Gasteiger partial charge in [0.25, 0.3) is 0 Å². The average molecular weight is 395 g/mol. The first-order chi connectivity index (χ1) is 12.3. The smallest absolute Gasteiger partial charge is 0.233 e. The van der Waals surface area contributed by atoms with Crippen molar-refractivity contribution in [3.63, 3.8) is 0 Å². The molecule has 26 heavy (non-hydrogen) atoms. The molecule has 1 aliphatic heterocycles. The lowest BCUT2D eigenvalue weighted by molar-refractivity contribution is -0.120. The van der Waals surface area contributed by atoms with E-state index in [4.69, 9.17) is 0 Å². The van der Waals surface area contributed by atoms with Crippen molar-refractivity contribution in [2.24, 2.45) is 7.05 Å². The number of carbonyl (C=O) groups excluding carboxylic acids is 1. The van der Waals surface area contributed by atoms with Gasteiger partial charge in [0, 0.05) is 18.7 Å². The third kappa shape index (κ3) is 4.09. The van der Waals surface area contributed by atoms with Gasteiger partial charge in [0.15, 0.2) is 20.8 Å². The van der Waals surface area contributed by atoms with Crippen molar-refractivity contribution in [3.05, 3.63) is 29.8 Å². The quantitative estimate of drug-likeness (QED) is 0.774. The number of benzene rings is 1. The highest BCUT2D eigenvalue weighted by Gasteiger charge is 2.30. The lowest BCUT2D eigenvalue weighted by atomic mass is 10.1. The van der Waals surface area contributed by atoms with Crippen molar-refractivity contribution in [2.75, 3.05) is 11.5 Å². The summed E-state index contributed by atoms with van der Waals surface area (Å²) in [5.41, 5.74) is 2.11. The lowest BCUT2D eigenvalue weighted by Crippen LogP contribution is -2.40. The van der Waals surface area contributed by atoms with E-state index in [1.165, 1.54) is 11.8 Å². The zero-order chi connectivity index (χ0) is 18.9. The Kier molecular flexibility index (Phi) is 5.38. The summed E-state index contributed by atoms with van der Waals surface area (Å²) in [6.45, 7) is 3.80. The zero-order valence-electron chi connectivity index (χ0n) is 15.0. The molecule has 1 saturated heterocycles. The van der Waals surface area contributed by atoms with Gasteiger partial charge in [-0.25, -0.2) is 8.42 Å². The van der Waals surface area contributed by atoms with E-state index < -0.39 is 15.1 Å². The molecule has 0 radical (unpaired) electrons. The minimum atomic E-state index is -3.01. The molecular formula is C17H22N4O3S2. The zero-order valence-corrected chi connectivity index (χ0v) is 16.6. The SMILES string of the molecule is Cc1ccccc1-c1nnc(S[C@H](C)C(=O)N[C@@H]2CCS(=O)(=O)C2)n1C. The minimum absolute atomic E-state index is 0.0253. The third-order valence-electron chi connectivity index (χ3n) is 4.45. The van der Waals surface area contributed by atoms with Crippen molar-refractivity contribution in [1.29, 1.82) is 0 Å². The third-order valence-corrected chi connectivity index (χ3v) is 7.35. The molecule has 2 atom stereocenters. The summed E-state index contributed by atoms with van der Waals surface area (Å²) in [6.07, 6.45) is 0.479. The number of aromatic nitrogens is 3. The van der Waals surface area contributed by atoms with Gasteiger partial charge in [0.1, 0.15) is 0 Å². The van der Waals surface area contributed by atoms with E-state index in [0.717, 1.165) is 17.0 Å². The van der Waals surface area contributed by atoms with E-state index in [2.05, 4.69) is 15.5 Å². The molecule has 140 valence electrons. The standard InChI is InChI=1S/C17H22N4O3S2/c1-11-6-4-5-7-14(11)15-19-20-17(21(15)3)25-12(2)16(22)18-13-8-9-26(23,24)10-13/h4-7,12-13H,8-10H2,1-3H3,(H,18,22)/t12-,13-/m1/s1. The van der Waals surface area contributed by atoms with Crippen LogP contribution in [0.25, 0.3) is 11.4 Å². The number of carbonyl (C=O) groups is 1. The molecule has 1 amide bonds. The highest BCUT2D eigenvalue weighted by molar-refractivity contribution is 8.00. The Morgan fingerprint density at radius 1 is 1.35 bits per heavy atom. The van der Waals surface area contributed by atoms with Crippen molar-refractivity contribution in [2.45, 2.75) is 36.7 Å². The Hall–Kier alpha value is -1.87. The molecule has 0 saturated carbocycles. The number of amides is 1. The molecule has 3 rings (SSSR count). The van der Waals surface area contributed by atoms with Crippen LogP contribution in [0.1, 0.15) is 18.9 Å². The lowest BCUT2D eigenvalue weighted by Gasteiger charge is -2.15. The monoisotopic (exact) mass is 394 g/mol. The highest BCUT2D eigenvalue weighted by Crippen LogP contribution is 2.27. The number of sulfone groups is 1. The highest BCUT2D eigenvalue weighted by atomic mass is 32.2. The van der Waals surface area contributed by atoms with Crippen molar-refractivity contribution < 1.29 is 13.2 Å². The van der Waals surface area contributed by atoms with Crippen LogP contribution in [0.4, 0.5) is 0 Å². The summed E-state index contributed by atoms with van der Waals surface area (Å²) in [7, 11) is -1.14. The van der Waals surface area contributed by atoms with Crippen molar-refractivity contribution in [1.82, 2.24) is 20.1 Å². The van der Waals surface area contributed by atoms with Gasteiger partial charge in [-0.15, -0.1) is 10.2 Å². The van der Waals surface area contributed by atoms with Crippen LogP contribution in [-0.2, 0) is 21.7 Å². The van der Waals surface area contributed by atoms with E-state index in [0.29, 0.717) is 11.6 Å². The van der Waals surface area contributed by atoms with Crippen LogP contribution < -0.4 is 5.32 Å². The molecule has 2 heterocycles. The molecule has 1 aromatic carbocycles. The predicted octanol–water partition coefficient (Wildman–Crippen LogP) is 1.57. The molecule has 9 heteroatoms. The molecular weight excluding hydrogens is 372 g/mol. The van der Waals surface area contributed by atoms with Crippen LogP contribution in [0, 0.1) is 6.92 Å². The second-order valence-electron chi connectivity index (χ2n) is 6.55. The number of thioether (sulfide) groups is 1. The van der Waals surface area contributed by atoms with Gasteiger partial charge in [0.05, 0.1) is 16.8 Å². The van der Waals surface area contributed by atoms with Gasteiger partial charge < -0.3 is 9.88 Å². The summed E-state index contributed by atoms with van der Waals surface area (Å²) in [5, 5.41) is 11.5. The Balaban J connectivity index is 1.67. The number of nitrogens with one attached hydrogen (secondary N) is 1. The van der Waals surface area contributed by atoms with Crippen LogP contribution in [0.3, 0.4) is 0 Å². The number of rotatable bonds is 5. The maximum absolute atomic E-state index is 12.4. The Morgan fingerprint density at radius 2 is 2.08 bits per heavy atom. The number of hydrogen-bond acceptors (Lipinski definition) is 6. The van der Waals surface area contributed by atoms with Gasteiger partial charge in [-0.3, -0.25) is 4.79 Å². The molecule has 0 bridgehead atoms. The fraction of sp³-hybridized carbons (Fsp3) is 0.471. The number of nitrogens with zero attached hydrogens (tertiary/aromatic N) is 3. The fourth-order valence-electron chi connectivity index (χ4n) is 2.91. The summed E-state index contributed by atoms with van der Waals surface area (Å²) in [6, 6.07) is 7.64. The fourth-order valence-corrected chi connectivity index (χ4v) is 5.41. The molecule has 1 aliphatic rings. The molecule has 1 N–H and O–H groups in total. The first kappa shape index (κ1) is 18.9. The summed E-state index contributed by atoms with van der Waals surface area (Å²) < 4.78 is 24.9. The summed E-state index contributed by atoms with van der Waals surface area (Å²) in [5.74, 6) is 0.734. The predicted molar refractivity (Wildman–Crippen MR) is 102 cm³/mol. The van der Waals surface area contributed by atoms with Crippen LogP contribution in [0.15, 0.2) is 29.4 Å². The van der Waals surface area contributed by atoms with E-state index in [-0.39, 0.29) is 23.5 Å². The molecule has 1 fully saturated rings. The maximum atomic E-state index is 12.4. The molecule has 2 aromatic rings. The second kappa shape index (κ2) is 7.40. The van der Waals surface area contributed by atoms with E-state index >= 15 is 0 Å². The maximum Gasteiger partial charge on any atom is 0.233 e. The molecule has 0 aliphatic carbocycles. The molecule has 0 unspecified atom stereocenters. The topological polar surface area (TPSA) is 94.0 Å². The second-order valence-corrected chi connectivity index (χ2v) is 10.1. The largest absolute Gasteiger partial charge is 0.351 e. The molecule has 7 nitrogen and oxygen atoms in total. The summed E-state index contributed by atoms with van der Waals surface area (Å²) >= 11 is 1.31. The molecule has 0 spiro atoms.